The van der Waals surface area contributed by atoms with Crippen molar-refractivity contribution >= 4 is 27.9 Å². The molecule has 2 N–H and O–H groups in total. The molecule has 0 aliphatic carbocycles. The monoisotopic (exact) mass is 380 g/mol. The number of hydrogen-bond donors (Lipinski definition) is 2. The number of fused-ring (bicyclic) bond motifs is 2. The summed E-state index contributed by atoms with van der Waals surface area (Å²) in [5.74, 6) is 1.20. The van der Waals surface area contributed by atoms with Crippen molar-refractivity contribution in [2.24, 2.45) is 0 Å². The van der Waals surface area contributed by atoms with Crippen molar-refractivity contribution in [2.75, 3.05) is 24.4 Å². The van der Waals surface area contributed by atoms with Gasteiger partial charge in [0.2, 0.25) is 0 Å². The van der Waals surface area contributed by atoms with Gasteiger partial charge >= 0.3 is 0 Å². The molecule has 0 saturated carbocycles. The van der Waals surface area contributed by atoms with Crippen molar-refractivity contribution in [3.8, 4) is 0 Å². The summed E-state index contributed by atoms with van der Waals surface area (Å²) < 4.78 is 1.56. The average Bonchev–Trinajstić information content (AvgIpc) is 3.17. The number of rotatable bonds is 4. The molecule has 9 nitrogen and oxygen atoms in total. The van der Waals surface area contributed by atoms with Gasteiger partial charge in [0.25, 0.3) is 5.56 Å². The Kier molecular flexibility index (Phi) is 5.53. The van der Waals surface area contributed by atoms with Crippen LogP contribution in [-0.4, -0.2) is 43.7 Å². The minimum Gasteiger partial charge on any atom is -0.361 e. The number of aryl methyl sites for hydroxylation is 1. The third kappa shape index (κ3) is 3.38. The molecule has 28 heavy (non-hydrogen) atoms. The molecule has 0 spiro atoms. The second kappa shape index (κ2) is 8.03. The van der Waals surface area contributed by atoms with Crippen LogP contribution in [0.3, 0.4) is 0 Å². The first kappa shape index (κ1) is 19.3. The molecule has 4 aromatic rings. The Labute approximate surface area is 162 Å². The number of nitrogens with zero attached hydrogens (tertiary/aromatic N) is 6. The van der Waals surface area contributed by atoms with Gasteiger partial charge < -0.3 is 15.3 Å². The zero-order valence-corrected chi connectivity index (χ0v) is 16.7. The van der Waals surface area contributed by atoms with Crippen molar-refractivity contribution in [3.63, 3.8) is 0 Å². The quantitative estimate of drug-likeness (QED) is 0.559. The van der Waals surface area contributed by atoms with E-state index in [9.17, 15) is 4.79 Å². The second-order valence-electron chi connectivity index (χ2n) is 6.14. The van der Waals surface area contributed by atoms with Crippen molar-refractivity contribution < 1.29 is 0 Å². The van der Waals surface area contributed by atoms with Gasteiger partial charge in [-0.25, -0.2) is 24.6 Å². The van der Waals surface area contributed by atoms with Crippen LogP contribution in [0, 0.1) is 6.92 Å². The number of aromatic nitrogens is 6. The lowest BCUT2D eigenvalue weighted by atomic mass is 10.1. The van der Waals surface area contributed by atoms with Gasteiger partial charge in [0.1, 0.15) is 11.8 Å². The Morgan fingerprint density at radius 3 is 2.71 bits per heavy atom. The molecular formula is C19H24N8O. The van der Waals surface area contributed by atoms with Gasteiger partial charge in [0.15, 0.2) is 17.3 Å². The number of imidazole rings is 1. The molecular weight excluding hydrogens is 356 g/mol. The molecule has 0 saturated heterocycles. The van der Waals surface area contributed by atoms with E-state index in [1.807, 2.05) is 53.1 Å². The molecule has 0 aliphatic rings. The first-order valence-corrected chi connectivity index (χ1v) is 9.13. The highest BCUT2D eigenvalue weighted by Gasteiger charge is 2.15. The van der Waals surface area contributed by atoms with Gasteiger partial charge in [-0.3, -0.25) is 4.79 Å². The Balaban J connectivity index is 0.00000109. The highest BCUT2D eigenvalue weighted by molar-refractivity contribution is 5.82. The van der Waals surface area contributed by atoms with Crippen molar-refractivity contribution in [2.45, 2.75) is 27.3 Å². The van der Waals surface area contributed by atoms with Gasteiger partial charge in [0, 0.05) is 14.1 Å². The summed E-state index contributed by atoms with van der Waals surface area (Å²) >= 11 is 0. The van der Waals surface area contributed by atoms with Crippen LogP contribution in [0.15, 0.2) is 35.6 Å². The highest BCUT2D eigenvalue weighted by Crippen LogP contribution is 2.16. The van der Waals surface area contributed by atoms with Crippen LogP contribution >= 0.6 is 0 Å². The van der Waals surface area contributed by atoms with E-state index in [0.717, 1.165) is 5.56 Å². The first-order valence-electron chi connectivity index (χ1n) is 9.13. The van der Waals surface area contributed by atoms with Crippen LogP contribution in [0.25, 0.3) is 22.1 Å². The normalized spacial score (nSPS) is 10.6. The van der Waals surface area contributed by atoms with Gasteiger partial charge in [0.05, 0.1) is 23.8 Å². The van der Waals surface area contributed by atoms with Crippen molar-refractivity contribution in [1.82, 2.24) is 29.6 Å². The van der Waals surface area contributed by atoms with Crippen LogP contribution in [0.4, 0.5) is 5.82 Å². The summed E-state index contributed by atoms with van der Waals surface area (Å²) in [6.07, 6.45) is 3.01. The Hall–Kier alpha value is -3.49. The SMILES string of the molecule is CC.Cc1cccc2nc(CNc3ncnc4nc[nH]c34)n(N(C)C)c(=O)c12. The molecule has 4 rings (SSSR count). The fourth-order valence-electron chi connectivity index (χ4n) is 3.02. The summed E-state index contributed by atoms with van der Waals surface area (Å²) in [6.45, 7) is 6.24. The van der Waals surface area contributed by atoms with Crippen LogP contribution in [0.2, 0.25) is 0 Å². The first-order chi connectivity index (χ1) is 13.6. The zero-order chi connectivity index (χ0) is 20.3. The van der Waals surface area contributed by atoms with Crippen LogP contribution in [-0.2, 0) is 6.54 Å². The minimum absolute atomic E-state index is 0.0933. The lowest BCUT2D eigenvalue weighted by Gasteiger charge is -2.21. The van der Waals surface area contributed by atoms with Crippen LogP contribution in [0.1, 0.15) is 25.2 Å². The molecule has 3 heterocycles. The molecule has 0 unspecified atom stereocenters. The molecule has 0 atom stereocenters. The number of H-pyrrole nitrogens is 1. The van der Waals surface area contributed by atoms with Gasteiger partial charge in [-0.2, -0.15) is 0 Å². The van der Waals surface area contributed by atoms with Gasteiger partial charge in [-0.1, -0.05) is 26.0 Å². The van der Waals surface area contributed by atoms with Crippen molar-refractivity contribution in [1.29, 1.82) is 0 Å². The lowest BCUT2D eigenvalue weighted by molar-refractivity contribution is 0.645. The highest BCUT2D eigenvalue weighted by atomic mass is 16.1. The van der Waals surface area contributed by atoms with Crippen LogP contribution in [0.5, 0.6) is 0 Å². The fraction of sp³-hybridized carbons (Fsp3) is 0.316. The largest absolute Gasteiger partial charge is 0.361 e. The predicted octanol–water partition coefficient (Wildman–Crippen LogP) is 2.21. The summed E-state index contributed by atoms with van der Waals surface area (Å²) in [5.41, 5.74) is 2.78. The maximum atomic E-state index is 13.0. The van der Waals surface area contributed by atoms with Gasteiger partial charge in [-0.15, -0.1) is 0 Å². The van der Waals surface area contributed by atoms with E-state index in [4.69, 9.17) is 4.98 Å². The van der Waals surface area contributed by atoms with Crippen molar-refractivity contribution in [3.05, 3.63) is 52.6 Å². The predicted molar refractivity (Wildman–Crippen MR) is 111 cm³/mol. The number of benzene rings is 1. The maximum absolute atomic E-state index is 13.0. The Morgan fingerprint density at radius 1 is 1.18 bits per heavy atom. The van der Waals surface area contributed by atoms with Crippen LogP contribution < -0.4 is 15.9 Å². The minimum atomic E-state index is -0.0933. The number of aromatic amines is 1. The molecule has 0 amide bonds. The Morgan fingerprint density at radius 2 is 1.96 bits per heavy atom. The van der Waals surface area contributed by atoms with E-state index in [1.165, 1.54) is 6.33 Å². The number of anilines is 1. The molecule has 0 fully saturated rings. The van der Waals surface area contributed by atoms with E-state index in [0.29, 0.717) is 40.3 Å². The molecule has 0 bridgehead atoms. The number of hydrogen-bond acceptors (Lipinski definition) is 7. The Bertz CT molecular complexity index is 1160. The summed E-state index contributed by atoms with van der Waals surface area (Å²) in [5, 5.41) is 5.57. The molecule has 0 aliphatic heterocycles. The zero-order valence-electron chi connectivity index (χ0n) is 16.7. The van der Waals surface area contributed by atoms with E-state index >= 15 is 0 Å². The van der Waals surface area contributed by atoms with Gasteiger partial charge in [-0.05, 0) is 18.6 Å². The summed E-state index contributed by atoms with van der Waals surface area (Å²) in [6, 6.07) is 5.67. The third-order valence-electron chi connectivity index (χ3n) is 4.19. The summed E-state index contributed by atoms with van der Waals surface area (Å²) in [4.78, 5) is 33.2. The smallest absolute Gasteiger partial charge is 0.280 e. The van der Waals surface area contributed by atoms with E-state index < -0.39 is 0 Å². The number of nitrogens with one attached hydrogen (secondary N) is 2. The molecule has 9 heteroatoms. The van der Waals surface area contributed by atoms with E-state index in [-0.39, 0.29) is 5.56 Å². The molecule has 3 aromatic heterocycles. The molecule has 1 aromatic carbocycles. The van der Waals surface area contributed by atoms with E-state index in [2.05, 4.69) is 25.3 Å². The topological polar surface area (TPSA) is 105 Å². The van der Waals surface area contributed by atoms with E-state index in [1.54, 1.807) is 16.0 Å². The average molecular weight is 380 g/mol. The summed E-state index contributed by atoms with van der Waals surface area (Å²) in [7, 11) is 3.63. The lowest BCUT2D eigenvalue weighted by Crippen LogP contribution is -2.40. The molecule has 146 valence electrons. The maximum Gasteiger partial charge on any atom is 0.280 e. The molecule has 0 radical (unpaired) electrons. The second-order valence-corrected chi connectivity index (χ2v) is 6.14. The third-order valence-corrected chi connectivity index (χ3v) is 4.19. The standard InChI is InChI=1S/C17H18N8O.C2H6/c1-10-5-4-6-11-13(10)17(26)25(24(2)3)12(23-11)7-18-15-14-16(20-8-19-14)22-9-21-15;1-2/h4-6,8-9H,7H2,1-3H3,(H2,18,19,20,21,22);1-2H3. The fourth-order valence-corrected chi connectivity index (χ4v) is 3.02.